The number of hydrogen-bond acceptors (Lipinski definition) is 5. The summed E-state index contributed by atoms with van der Waals surface area (Å²) in [5.41, 5.74) is 0.221. The van der Waals surface area contributed by atoms with E-state index in [1.807, 2.05) is 33.8 Å². The summed E-state index contributed by atoms with van der Waals surface area (Å²) in [6, 6.07) is 13.8. The maximum atomic E-state index is 12.2. The average Bonchev–Trinajstić information content (AvgIpc) is 2.62. The van der Waals surface area contributed by atoms with E-state index in [-0.39, 0.29) is 12.2 Å². The van der Waals surface area contributed by atoms with E-state index < -0.39 is 11.5 Å². The molecule has 0 saturated heterocycles. The predicted octanol–water partition coefficient (Wildman–Crippen LogP) is 4.54. The molecule has 28 heavy (non-hydrogen) atoms. The Hall–Kier alpha value is -3.20. The average molecular weight is 382 g/mol. The number of nitrogens with zero attached hydrogens (tertiary/aromatic N) is 1. The molecule has 0 aromatic heterocycles. The molecule has 0 heterocycles. The van der Waals surface area contributed by atoms with Crippen molar-refractivity contribution >= 4 is 11.7 Å². The van der Waals surface area contributed by atoms with E-state index >= 15 is 0 Å². The van der Waals surface area contributed by atoms with Crippen LogP contribution in [-0.4, -0.2) is 23.3 Å². The van der Waals surface area contributed by atoms with Gasteiger partial charge in [-0.1, -0.05) is 6.07 Å². The van der Waals surface area contributed by atoms with Crippen LogP contribution in [0.2, 0.25) is 0 Å². The lowest BCUT2D eigenvalue weighted by Gasteiger charge is -2.29. The molecular formula is C22H26N2O4. The highest BCUT2D eigenvalue weighted by Gasteiger charge is 2.36. The quantitative estimate of drug-likeness (QED) is 0.696. The van der Waals surface area contributed by atoms with E-state index in [0.29, 0.717) is 28.3 Å². The summed E-state index contributed by atoms with van der Waals surface area (Å²) in [5, 5.41) is 21.9. The number of benzene rings is 2. The van der Waals surface area contributed by atoms with Gasteiger partial charge in [0.2, 0.25) is 0 Å². The second-order valence-corrected chi connectivity index (χ2v) is 7.24. The van der Waals surface area contributed by atoms with Crippen LogP contribution >= 0.6 is 0 Å². The van der Waals surface area contributed by atoms with Gasteiger partial charge in [0.15, 0.2) is 17.0 Å². The highest BCUT2D eigenvalue weighted by Crippen LogP contribution is 2.35. The molecule has 2 aromatic carbocycles. The molecule has 0 fully saturated rings. The zero-order valence-electron chi connectivity index (χ0n) is 16.8. The molecule has 2 rings (SSSR count). The van der Waals surface area contributed by atoms with Gasteiger partial charge in [0.05, 0.1) is 23.8 Å². The van der Waals surface area contributed by atoms with Gasteiger partial charge in [0.1, 0.15) is 0 Å². The number of carboxylic acids is 1. The molecule has 0 aliphatic carbocycles. The highest BCUT2D eigenvalue weighted by atomic mass is 16.5. The van der Waals surface area contributed by atoms with Crippen molar-refractivity contribution < 1.29 is 19.4 Å². The second-order valence-electron chi connectivity index (χ2n) is 7.24. The fourth-order valence-electron chi connectivity index (χ4n) is 2.68. The molecular weight excluding hydrogens is 356 g/mol. The van der Waals surface area contributed by atoms with Crippen molar-refractivity contribution in [2.24, 2.45) is 0 Å². The van der Waals surface area contributed by atoms with Crippen molar-refractivity contribution in [1.29, 1.82) is 5.26 Å². The van der Waals surface area contributed by atoms with Crippen LogP contribution in [-0.2, 0) is 10.3 Å². The monoisotopic (exact) mass is 382 g/mol. The molecule has 148 valence electrons. The minimum Gasteiger partial charge on any atom is -0.487 e. The molecule has 0 bridgehead atoms. The molecule has 0 radical (unpaired) electrons. The molecule has 1 atom stereocenters. The summed E-state index contributed by atoms with van der Waals surface area (Å²) in [4.78, 5) is 12.2. The van der Waals surface area contributed by atoms with Crippen molar-refractivity contribution in [2.45, 2.75) is 52.4 Å². The third-order valence-corrected chi connectivity index (χ3v) is 4.08. The van der Waals surface area contributed by atoms with Crippen LogP contribution in [0.1, 0.15) is 45.7 Å². The number of nitriles is 1. The smallest absolute Gasteiger partial charge is 0.333 e. The minimum absolute atomic E-state index is 0.0389. The predicted molar refractivity (Wildman–Crippen MR) is 108 cm³/mol. The SMILES string of the molecule is CC(C)Oc1ccc(C(C)(Nc2ccc(C#N)cc2)C(=O)O)cc1OC(C)C. The highest BCUT2D eigenvalue weighted by molar-refractivity contribution is 5.84. The van der Waals surface area contributed by atoms with Gasteiger partial charge >= 0.3 is 5.97 Å². The maximum absolute atomic E-state index is 12.2. The first-order valence-corrected chi connectivity index (χ1v) is 9.15. The number of carbonyl (C=O) groups is 1. The normalized spacial score (nSPS) is 12.9. The van der Waals surface area contributed by atoms with Crippen molar-refractivity contribution in [2.75, 3.05) is 5.32 Å². The van der Waals surface area contributed by atoms with E-state index in [4.69, 9.17) is 14.7 Å². The summed E-state index contributed by atoms with van der Waals surface area (Å²) >= 11 is 0. The number of rotatable bonds is 8. The Morgan fingerprint density at radius 3 is 2.11 bits per heavy atom. The zero-order chi connectivity index (χ0) is 20.9. The molecule has 0 saturated carbocycles. The number of hydrogen-bond donors (Lipinski definition) is 2. The number of ether oxygens (including phenoxy) is 2. The molecule has 2 N–H and O–H groups in total. The molecule has 0 amide bonds. The summed E-state index contributed by atoms with van der Waals surface area (Å²) in [6.45, 7) is 9.22. The van der Waals surface area contributed by atoms with Gasteiger partial charge in [-0.05, 0) is 76.6 Å². The molecule has 0 spiro atoms. The third kappa shape index (κ3) is 4.95. The van der Waals surface area contributed by atoms with Crippen molar-refractivity contribution in [1.82, 2.24) is 0 Å². The summed E-state index contributed by atoms with van der Waals surface area (Å²) in [5.74, 6) is 0.0266. The molecule has 1 unspecified atom stereocenters. The number of aliphatic carboxylic acids is 1. The summed E-state index contributed by atoms with van der Waals surface area (Å²) < 4.78 is 11.7. The van der Waals surface area contributed by atoms with Crippen LogP contribution in [0, 0.1) is 11.3 Å². The van der Waals surface area contributed by atoms with Gasteiger partial charge in [-0.3, -0.25) is 0 Å². The van der Waals surface area contributed by atoms with E-state index in [1.165, 1.54) is 0 Å². The van der Waals surface area contributed by atoms with Crippen LogP contribution in [0.15, 0.2) is 42.5 Å². The second kappa shape index (κ2) is 8.66. The van der Waals surface area contributed by atoms with Crippen LogP contribution in [0.4, 0.5) is 5.69 Å². The molecule has 0 aliphatic rings. The summed E-state index contributed by atoms with van der Waals surface area (Å²) in [6.07, 6.45) is -0.129. The third-order valence-electron chi connectivity index (χ3n) is 4.08. The lowest BCUT2D eigenvalue weighted by molar-refractivity contribution is -0.142. The van der Waals surface area contributed by atoms with Crippen LogP contribution < -0.4 is 14.8 Å². The Kier molecular flexibility index (Phi) is 6.53. The number of anilines is 1. The standard InChI is InChI=1S/C22H26N2O4/c1-14(2)27-19-11-8-17(12-20(19)28-15(3)4)22(5,21(25)26)24-18-9-6-16(13-23)7-10-18/h6-12,14-15,24H,1-5H3,(H,25,26). The van der Waals surface area contributed by atoms with Gasteiger partial charge in [-0.15, -0.1) is 0 Å². The Labute approximate surface area is 165 Å². The Morgan fingerprint density at radius 1 is 1.04 bits per heavy atom. The fourth-order valence-corrected chi connectivity index (χ4v) is 2.68. The first-order chi connectivity index (χ1) is 13.2. The van der Waals surface area contributed by atoms with Crippen molar-refractivity contribution in [3.63, 3.8) is 0 Å². The Bertz CT molecular complexity index is 869. The number of carboxylic acid groups (broad SMARTS) is 1. The lowest BCUT2D eigenvalue weighted by atomic mass is 9.91. The number of nitrogens with one attached hydrogen (secondary N) is 1. The largest absolute Gasteiger partial charge is 0.487 e. The minimum atomic E-state index is -1.40. The molecule has 6 nitrogen and oxygen atoms in total. The van der Waals surface area contributed by atoms with Gasteiger partial charge in [-0.2, -0.15) is 5.26 Å². The van der Waals surface area contributed by atoms with Crippen LogP contribution in [0.25, 0.3) is 0 Å². The first-order valence-electron chi connectivity index (χ1n) is 9.15. The van der Waals surface area contributed by atoms with Gasteiger partial charge in [0, 0.05) is 5.69 Å². The van der Waals surface area contributed by atoms with Crippen molar-refractivity contribution in [3.05, 3.63) is 53.6 Å². The molecule has 2 aromatic rings. The van der Waals surface area contributed by atoms with Crippen LogP contribution in [0.3, 0.4) is 0 Å². The van der Waals surface area contributed by atoms with Gasteiger partial charge < -0.3 is 19.9 Å². The van der Waals surface area contributed by atoms with Gasteiger partial charge in [0.25, 0.3) is 0 Å². The lowest BCUT2D eigenvalue weighted by Crippen LogP contribution is -2.40. The van der Waals surface area contributed by atoms with E-state index in [2.05, 4.69) is 5.32 Å². The Morgan fingerprint density at radius 2 is 1.61 bits per heavy atom. The van der Waals surface area contributed by atoms with E-state index in [9.17, 15) is 9.90 Å². The van der Waals surface area contributed by atoms with Crippen molar-refractivity contribution in [3.8, 4) is 17.6 Å². The van der Waals surface area contributed by atoms with Crippen LogP contribution in [0.5, 0.6) is 11.5 Å². The molecule has 0 aliphatic heterocycles. The van der Waals surface area contributed by atoms with Gasteiger partial charge in [-0.25, -0.2) is 4.79 Å². The molecule has 6 heteroatoms. The maximum Gasteiger partial charge on any atom is 0.333 e. The Balaban J connectivity index is 2.45. The topological polar surface area (TPSA) is 91.6 Å². The van der Waals surface area contributed by atoms with E-state index in [1.54, 1.807) is 49.4 Å². The fraction of sp³-hybridized carbons (Fsp3) is 0.364. The zero-order valence-corrected chi connectivity index (χ0v) is 16.8. The first kappa shape index (κ1) is 21.1. The van der Waals surface area contributed by atoms with E-state index in [0.717, 1.165) is 0 Å². The summed E-state index contributed by atoms with van der Waals surface area (Å²) in [7, 11) is 0.